The van der Waals surface area contributed by atoms with Gasteiger partial charge in [-0.2, -0.15) is 0 Å². The van der Waals surface area contributed by atoms with E-state index < -0.39 is 9.84 Å². The number of sulfone groups is 1. The number of hydrogen-bond acceptors (Lipinski definition) is 3. The Kier molecular flexibility index (Phi) is 3.95. The lowest BCUT2D eigenvalue weighted by atomic mass is 10.1. The quantitative estimate of drug-likeness (QED) is 0.915. The van der Waals surface area contributed by atoms with Crippen molar-refractivity contribution in [2.24, 2.45) is 0 Å². The molecule has 1 aliphatic rings. The second-order valence-electron chi connectivity index (χ2n) is 5.09. The fourth-order valence-corrected chi connectivity index (χ4v) is 4.19. The van der Waals surface area contributed by atoms with E-state index in [9.17, 15) is 8.42 Å². The minimum absolute atomic E-state index is 0.0654. The molecule has 3 nitrogen and oxygen atoms in total. The highest BCUT2D eigenvalue weighted by Gasteiger charge is 2.24. The molecule has 0 aromatic heterocycles. The van der Waals surface area contributed by atoms with Crippen LogP contribution in [0.4, 0.5) is 5.69 Å². The monoisotopic (exact) mass is 267 g/mol. The third-order valence-corrected chi connectivity index (χ3v) is 5.38. The van der Waals surface area contributed by atoms with Gasteiger partial charge in [-0.05, 0) is 49.4 Å². The molecule has 1 aliphatic heterocycles. The van der Waals surface area contributed by atoms with E-state index in [1.807, 2.05) is 6.07 Å². The van der Waals surface area contributed by atoms with Crippen LogP contribution in [0.1, 0.15) is 30.9 Å². The van der Waals surface area contributed by atoms with Crippen LogP contribution in [0.3, 0.4) is 0 Å². The van der Waals surface area contributed by atoms with Crippen molar-refractivity contribution in [2.75, 3.05) is 16.8 Å². The van der Waals surface area contributed by atoms with Crippen LogP contribution in [0.5, 0.6) is 0 Å². The predicted molar refractivity (Wildman–Crippen MR) is 75.9 cm³/mol. The second-order valence-corrected chi connectivity index (χ2v) is 7.32. The summed E-state index contributed by atoms with van der Waals surface area (Å²) in [5.41, 5.74) is 3.64. The Morgan fingerprint density at radius 2 is 2.17 bits per heavy atom. The van der Waals surface area contributed by atoms with E-state index in [2.05, 4.69) is 31.3 Å². The average Bonchev–Trinajstić information content (AvgIpc) is 2.28. The van der Waals surface area contributed by atoms with Gasteiger partial charge in [0.05, 0.1) is 11.5 Å². The van der Waals surface area contributed by atoms with Gasteiger partial charge in [0.25, 0.3) is 0 Å². The van der Waals surface area contributed by atoms with E-state index in [4.69, 9.17) is 0 Å². The lowest BCUT2D eigenvalue weighted by Gasteiger charge is -2.24. The Morgan fingerprint density at radius 3 is 2.78 bits per heavy atom. The first-order valence-electron chi connectivity index (χ1n) is 6.56. The Labute approximate surface area is 110 Å². The summed E-state index contributed by atoms with van der Waals surface area (Å²) in [4.78, 5) is 0. The van der Waals surface area contributed by atoms with Gasteiger partial charge >= 0.3 is 0 Å². The zero-order valence-corrected chi connectivity index (χ0v) is 11.9. The van der Waals surface area contributed by atoms with E-state index in [1.165, 1.54) is 11.1 Å². The second kappa shape index (κ2) is 5.31. The smallest absolute Gasteiger partial charge is 0.152 e. The molecule has 4 heteroatoms. The fourth-order valence-electron chi connectivity index (χ4n) is 2.55. The van der Waals surface area contributed by atoms with Crippen LogP contribution in [-0.2, 0) is 16.3 Å². The maximum absolute atomic E-state index is 11.6. The van der Waals surface area contributed by atoms with Gasteiger partial charge < -0.3 is 5.32 Å². The zero-order valence-electron chi connectivity index (χ0n) is 11.1. The zero-order chi connectivity index (χ0) is 13.2. The molecule has 1 fully saturated rings. The fraction of sp³-hybridized carbons (Fsp3) is 0.571. The van der Waals surface area contributed by atoms with Crippen molar-refractivity contribution in [2.45, 2.75) is 39.2 Å². The molecule has 1 saturated heterocycles. The maximum Gasteiger partial charge on any atom is 0.152 e. The van der Waals surface area contributed by atoms with Gasteiger partial charge in [-0.3, -0.25) is 0 Å². The highest BCUT2D eigenvalue weighted by molar-refractivity contribution is 7.91. The maximum atomic E-state index is 11.6. The van der Waals surface area contributed by atoms with Gasteiger partial charge in [-0.15, -0.1) is 0 Å². The number of benzene rings is 1. The summed E-state index contributed by atoms with van der Waals surface area (Å²) in [5.74, 6) is 0.612. The normalized spacial score (nSPS) is 22.7. The van der Waals surface area contributed by atoms with Gasteiger partial charge in [-0.25, -0.2) is 8.42 Å². The standard InChI is InChI=1S/C14H21NO2S/c1-3-12-6-7-13(9-11(12)2)15-14-5-4-8-18(16,17)10-14/h6-7,9,14-15H,3-5,8,10H2,1-2H3. The molecule has 1 aromatic rings. The van der Waals surface area contributed by atoms with Crippen molar-refractivity contribution < 1.29 is 8.42 Å². The van der Waals surface area contributed by atoms with Crippen LogP contribution < -0.4 is 5.32 Å². The summed E-state index contributed by atoms with van der Waals surface area (Å²) in [5, 5.41) is 3.35. The van der Waals surface area contributed by atoms with E-state index >= 15 is 0 Å². The first-order valence-corrected chi connectivity index (χ1v) is 8.39. The molecule has 1 atom stereocenters. The summed E-state index contributed by atoms with van der Waals surface area (Å²) < 4.78 is 23.2. The van der Waals surface area contributed by atoms with Gasteiger partial charge in [0, 0.05) is 11.7 Å². The number of nitrogens with one attached hydrogen (secondary N) is 1. The molecule has 0 amide bonds. The summed E-state index contributed by atoms with van der Waals surface area (Å²) in [6.07, 6.45) is 2.74. The minimum Gasteiger partial charge on any atom is -0.381 e. The van der Waals surface area contributed by atoms with Gasteiger partial charge in [0.1, 0.15) is 0 Å². The largest absolute Gasteiger partial charge is 0.381 e. The molecule has 0 spiro atoms. The molecular formula is C14H21NO2S. The molecule has 0 bridgehead atoms. The average molecular weight is 267 g/mol. The number of aryl methyl sites for hydroxylation is 2. The summed E-state index contributed by atoms with van der Waals surface area (Å²) in [7, 11) is -2.84. The van der Waals surface area contributed by atoms with Crippen LogP contribution >= 0.6 is 0 Å². The highest BCUT2D eigenvalue weighted by atomic mass is 32.2. The van der Waals surface area contributed by atoms with Crippen molar-refractivity contribution >= 4 is 15.5 Å². The highest BCUT2D eigenvalue weighted by Crippen LogP contribution is 2.20. The first-order chi connectivity index (χ1) is 8.50. The topological polar surface area (TPSA) is 46.2 Å². The Bertz CT molecular complexity index is 523. The molecule has 2 rings (SSSR count). The van der Waals surface area contributed by atoms with Crippen molar-refractivity contribution in [3.63, 3.8) is 0 Å². The molecule has 0 radical (unpaired) electrons. The van der Waals surface area contributed by atoms with Crippen molar-refractivity contribution in [1.82, 2.24) is 0 Å². The Balaban J connectivity index is 2.07. The number of anilines is 1. The molecule has 1 aromatic carbocycles. The van der Waals surface area contributed by atoms with Gasteiger partial charge in [0.2, 0.25) is 0 Å². The summed E-state index contributed by atoms with van der Waals surface area (Å²) in [6, 6.07) is 6.35. The third-order valence-electron chi connectivity index (χ3n) is 3.56. The summed E-state index contributed by atoms with van der Waals surface area (Å²) >= 11 is 0. The van der Waals surface area contributed by atoms with Crippen LogP contribution in [0.2, 0.25) is 0 Å². The third kappa shape index (κ3) is 3.25. The van der Waals surface area contributed by atoms with E-state index in [0.29, 0.717) is 5.75 Å². The number of hydrogen-bond donors (Lipinski definition) is 1. The van der Waals surface area contributed by atoms with Crippen LogP contribution in [0.25, 0.3) is 0 Å². The van der Waals surface area contributed by atoms with Crippen LogP contribution in [0.15, 0.2) is 18.2 Å². The predicted octanol–water partition coefficient (Wildman–Crippen LogP) is 2.55. The molecule has 1 N–H and O–H groups in total. The molecular weight excluding hydrogens is 246 g/mol. The van der Waals surface area contributed by atoms with E-state index in [1.54, 1.807) is 0 Å². The lowest BCUT2D eigenvalue weighted by Crippen LogP contribution is -2.34. The van der Waals surface area contributed by atoms with Crippen molar-refractivity contribution in [1.29, 1.82) is 0 Å². The molecule has 0 saturated carbocycles. The van der Waals surface area contributed by atoms with Crippen molar-refractivity contribution in [3.8, 4) is 0 Å². The molecule has 1 heterocycles. The van der Waals surface area contributed by atoms with Crippen LogP contribution in [-0.4, -0.2) is 26.0 Å². The Hall–Kier alpha value is -1.03. The van der Waals surface area contributed by atoms with E-state index in [-0.39, 0.29) is 11.8 Å². The molecule has 100 valence electrons. The number of rotatable bonds is 3. The Morgan fingerprint density at radius 1 is 1.39 bits per heavy atom. The van der Waals surface area contributed by atoms with Gasteiger partial charge in [0.15, 0.2) is 9.84 Å². The van der Waals surface area contributed by atoms with Crippen LogP contribution in [0, 0.1) is 6.92 Å². The molecule has 18 heavy (non-hydrogen) atoms. The lowest BCUT2D eigenvalue weighted by molar-refractivity contribution is 0.562. The summed E-state index contributed by atoms with van der Waals surface area (Å²) in [6.45, 7) is 4.24. The minimum atomic E-state index is -2.84. The van der Waals surface area contributed by atoms with E-state index in [0.717, 1.165) is 24.9 Å². The SMILES string of the molecule is CCc1ccc(NC2CCCS(=O)(=O)C2)cc1C. The van der Waals surface area contributed by atoms with Crippen molar-refractivity contribution in [3.05, 3.63) is 29.3 Å². The first kappa shape index (κ1) is 13.4. The van der Waals surface area contributed by atoms with Gasteiger partial charge in [-0.1, -0.05) is 13.0 Å². The molecule has 0 aliphatic carbocycles. The molecule has 1 unspecified atom stereocenters.